The molecule has 6 nitrogen and oxygen atoms in total. The zero-order valence-electron chi connectivity index (χ0n) is 17.0. The van der Waals surface area contributed by atoms with Gasteiger partial charge in [-0.1, -0.05) is 27.5 Å². The van der Waals surface area contributed by atoms with Crippen LogP contribution in [0.25, 0.3) is 10.9 Å². The highest BCUT2D eigenvalue weighted by Crippen LogP contribution is 2.41. The molecule has 2 heterocycles. The number of rotatable bonds is 3. The number of hydrogen-bond acceptors (Lipinski definition) is 3. The van der Waals surface area contributed by atoms with Crippen molar-refractivity contribution in [3.63, 3.8) is 0 Å². The van der Waals surface area contributed by atoms with Crippen molar-refractivity contribution < 1.29 is 18.4 Å². The van der Waals surface area contributed by atoms with E-state index in [9.17, 15) is 23.2 Å². The number of carbonyl (C=O) groups excluding carboxylic acids is 2. The summed E-state index contributed by atoms with van der Waals surface area (Å²) in [6, 6.07) is 10.9. The van der Waals surface area contributed by atoms with Crippen molar-refractivity contribution in [3.05, 3.63) is 108 Å². The average molecular weight is 545 g/mol. The number of aromatic nitrogens is 1. The van der Waals surface area contributed by atoms with Crippen LogP contribution in [0.5, 0.6) is 0 Å². The number of benzene rings is 3. The fourth-order valence-corrected chi connectivity index (χ4v) is 4.75. The topological polar surface area (TPSA) is 91.1 Å². The highest BCUT2D eigenvalue weighted by atomic mass is 79.9. The molecule has 1 aliphatic heterocycles. The van der Waals surface area contributed by atoms with Crippen molar-refractivity contribution in [3.8, 4) is 0 Å². The maximum absolute atomic E-state index is 14.2. The number of H-pyrrole nitrogens is 1. The molecule has 0 spiro atoms. The Balaban J connectivity index is 1.64. The molecule has 4 aromatic rings. The van der Waals surface area contributed by atoms with Gasteiger partial charge in [-0.25, -0.2) is 8.78 Å². The first-order valence-electron chi connectivity index (χ1n) is 9.94. The predicted octanol–water partition coefficient (Wildman–Crippen LogP) is 5.31. The number of carbonyl (C=O) groups is 2. The van der Waals surface area contributed by atoms with Crippen molar-refractivity contribution in [1.29, 1.82) is 0 Å². The molecular formula is C24H13BrClF2N3O3. The Kier molecular flexibility index (Phi) is 5.45. The van der Waals surface area contributed by atoms with E-state index in [0.29, 0.717) is 21.0 Å². The number of pyridine rings is 1. The number of nitrogens with one attached hydrogen (secondary N) is 3. The van der Waals surface area contributed by atoms with Crippen LogP contribution in [0.3, 0.4) is 0 Å². The Morgan fingerprint density at radius 2 is 1.79 bits per heavy atom. The second-order valence-electron chi connectivity index (χ2n) is 7.68. The zero-order valence-corrected chi connectivity index (χ0v) is 19.4. The highest BCUT2D eigenvalue weighted by Gasteiger charge is 2.34. The minimum Gasteiger partial charge on any atom is -0.341 e. The maximum atomic E-state index is 14.2. The summed E-state index contributed by atoms with van der Waals surface area (Å²) in [4.78, 5) is 40.3. The molecular weight excluding hydrogens is 532 g/mol. The largest absolute Gasteiger partial charge is 0.341 e. The third kappa shape index (κ3) is 3.86. The first-order chi connectivity index (χ1) is 16.2. The SMILES string of the molecule is O=C1NC(c2cc(F)ccc2Cl)c2c(NC(=O)c3cc(F)cc4ccc(=O)[nH]c34)cc(Br)cc21. The Morgan fingerprint density at radius 1 is 1.00 bits per heavy atom. The van der Waals surface area contributed by atoms with E-state index in [4.69, 9.17) is 11.6 Å². The van der Waals surface area contributed by atoms with Gasteiger partial charge in [0.2, 0.25) is 5.56 Å². The van der Waals surface area contributed by atoms with Crippen molar-refractivity contribution in [2.24, 2.45) is 0 Å². The molecule has 0 fully saturated rings. The Hall–Kier alpha value is -3.56. The Morgan fingerprint density at radius 3 is 2.59 bits per heavy atom. The molecule has 0 saturated heterocycles. The van der Waals surface area contributed by atoms with Gasteiger partial charge in [0.25, 0.3) is 11.8 Å². The van der Waals surface area contributed by atoms with E-state index in [2.05, 4.69) is 31.5 Å². The molecule has 1 unspecified atom stereocenters. The van der Waals surface area contributed by atoms with Crippen LogP contribution in [-0.2, 0) is 0 Å². The van der Waals surface area contributed by atoms with Gasteiger partial charge in [0.15, 0.2) is 0 Å². The third-order valence-electron chi connectivity index (χ3n) is 5.51. The second kappa shape index (κ2) is 8.34. The quantitative estimate of drug-likeness (QED) is 0.327. The molecule has 0 radical (unpaired) electrons. The van der Waals surface area contributed by atoms with Crippen LogP contribution in [-0.4, -0.2) is 16.8 Å². The minimum absolute atomic E-state index is 0.0981. The van der Waals surface area contributed by atoms with Crippen LogP contribution in [0.15, 0.2) is 63.9 Å². The van der Waals surface area contributed by atoms with Crippen molar-refractivity contribution in [2.45, 2.75) is 6.04 Å². The lowest BCUT2D eigenvalue weighted by molar-refractivity contribution is 0.0959. The first-order valence-corrected chi connectivity index (χ1v) is 11.1. The summed E-state index contributed by atoms with van der Waals surface area (Å²) in [6.07, 6.45) is 0. The van der Waals surface area contributed by atoms with Gasteiger partial charge in [0.1, 0.15) is 11.6 Å². The van der Waals surface area contributed by atoms with Crippen LogP contribution in [0.4, 0.5) is 14.5 Å². The average Bonchev–Trinajstić information content (AvgIpc) is 3.11. The molecule has 0 bridgehead atoms. The summed E-state index contributed by atoms with van der Waals surface area (Å²) in [6.45, 7) is 0. The number of hydrogen-bond donors (Lipinski definition) is 3. The summed E-state index contributed by atoms with van der Waals surface area (Å²) >= 11 is 9.61. The van der Waals surface area contributed by atoms with E-state index in [1.54, 1.807) is 12.1 Å². The molecule has 10 heteroatoms. The van der Waals surface area contributed by atoms with Gasteiger partial charge in [0.05, 0.1) is 17.1 Å². The van der Waals surface area contributed by atoms with Crippen molar-refractivity contribution >= 4 is 55.9 Å². The molecule has 3 aromatic carbocycles. The molecule has 170 valence electrons. The lowest BCUT2D eigenvalue weighted by Crippen LogP contribution is -2.21. The number of fused-ring (bicyclic) bond motifs is 2. The van der Waals surface area contributed by atoms with Gasteiger partial charge in [-0.15, -0.1) is 0 Å². The third-order valence-corrected chi connectivity index (χ3v) is 6.31. The molecule has 5 rings (SSSR count). The van der Waals surface area contributed by atoms with Crippen LogP contribution in [0.2, 0.25) is 5.02 Å². The van der Waals surface area contributed by atoms with E-state index in [1.165, 1.54) is 36.4 Å². The van der Waals surface area contributed by atoms with Crippen LogP contribution in [0.1, 0.15) is 37.9 Å². The van der Waals surface area contributed by atoms with Gasteiger partial charge < -0.3 is 15.6 Å². The number of halogens is 4. The summed E-state index contributed by atoms with van der Waals surface area (Å²) in [7, 11) is 0. The predicted molar refractivity (Wildman–Crippen MR) is 127 cm³/mol. The van der Waals surface area contributed by atoms with Crippen molar-refractivity contribution in [2.75, 3.05) is 5.32 Å². The Bertz CT molecular complexity index is 1590. The van der Waals surface area contributed by atoms with E-state index < -0.39 is 35.0 Å². The normalized spacial score (nSPS) is 14.7. The van der Waals surface area contributed by atoms with Crippen LogP contribution in [0, 0.1) is 11.6 Å². The van der Waals surface area contributed by atoms with Gasteiger partial charge in [-0.2, -0.15) is 0 Å². The molecule has 1 aromatic heterocycles. The van der Waals surface area contributed by atoms with Crippen LogP contribution >= 0.6 is 27.5 Å². The molecule has 0 aliphatic carbocycles. The van der Waals surface area contributed by atoms with E-state index >= 15 is 0 Å². The molecule has 2 amide bonds. The lowest BCUT2D eigenvalue weighted by atomic mass is 9.96. The first kappa shape index (κ1) is 22.2. The summed E-state index contributed by atoms with van der Waals surface area (Å²) in [5.74, 6) is -2.35. The summed E-state index contributed by atoms with van der Waals surface area (Å²) < 4.78 is 28.7. The molecule has 3 N–H and O–H groups in total. The smallest absolute Gasteiger partial charge is 0.257 e. The van der Waals surface area contributed by atoms with E-state index in [-0.39, 0.29) is 27.4 Å². The van der Waals surface area contributed by atoms with E-state index in [0.717, 1.165) is 6.07 Å². The van der Waals surface area contributed by atoms with Crippen molar-refractivity contribution in [1.82, 2.24) is 10.3 Å². The number of aromatic amines is 1. The van der Waals surface area contributed by atoms with Gasteiger partial charge in [-0.05, 0) is 48.5 Å². The fraction of sp³-hybridized carbons (Fsp3) is 0.0417. The maximum Gasteiger partial charge on any atom is 0.257 e. The number of amides is 2. The summed E-state index contributed by atoms with van der Waals surface area (Å²) in [5.41, 5.74) is 0.791. The number of anilines is 1. The zero-order chi connectivity index (χ0) is 24.1. The minimum atomic E-state index is -0.835. The summed E-state index contributed by atoms with van der Waals surface area (Å²) in [5, 5.41) is 6.04. The lowest BCUT2D eigenvalue weighted by Gasteiger charge is -2.18. The molecule has 1 atom stereocenters. The van der Waals surface area contributed by atoms with Gasteiger partial charge >= 0.3 is 0 Å². The van der Waals surface area contributed by atoms with Gasteiger partial charge in [-0.3, -0.25) is 14.4 Å². The molecule has 1 aliphatic rings. The monoisotopic (exact) mass is 543 g/mol. The Labute approximate surface area is 204 Å². The van der Waals surface area contributed by atoms with Gasteiger partial charge in [0, 0.05) is 43.3 Å². The van der Waals surface area contributed by atoms with Crippen LogP contribution < -0.4 is 16.2 Å². The second-order valence-corrected chi connectivity index (χ2v) is 9.00. The van der Waals surface area contributed by atoms with E-state index in [1.807, 2.05) is 0 Å². The molecule has 34 heavy (non-hydrogen) atoms. The molecule has 0 saturated carbocycles. The fourth-order valence-electron chi connectivity index (χ4n) is 4.07. The highest BCUT2D eigenvalue weighted by molar-refractivity contribution is 9.10. The standard InChI is InChI=1S/C24H13BrClF2N3O3/c25-11-6-15-20(22(31-23(15)33)14-8-12(27)2-3-17(14)26)18(7-11)29-24(34)16-9-13(28)5-10-1-4-19(32)30-21(10)16/h1-9,22H,(H,29,34)(H,30,32)(H,31,33).